The second kappa shape index (κ2) is 9.44. The van der Waals surface area contributed by atoms with E-state index in [4.69, 9.17) is 4.74 Å². The molecule has 2 unspecified atom stereocenters. The second-order valence-corrected chi connectivity index (χ2v) is 6.73. The van der Waals surface area contributed by atoms with Gasteiger partial charge >= 0.3 is 0 Å². The predicted octanol–water partition coefficient (Wildman–Crippen LogP) is 4.25. The molecule has 21 heavy (non-hydrogen) atoms. The summed E-state index contributed by atoms with van der Waals surface area (Å²) in [6.45, 7) is 4.15. The van der Waals surface area contributed by atoms with Crippen LogP contribution in [0.15, 0.2) is 29.2 Å². The molecule has 0 radical (unpaired) electrons. The summed E-state index contributed by atoms with van der Waals surface area (Å²) in [7, 11) is 0. The van der Waals surface area contributed by atoms with E-state index in [9.17, 15) is 4.39 Å². The van der Waals surface area contributed by atoms with Crippen molar-refractivity contribution in [1.29, 1.82) is 0 Å². The van der Waals surface area contributed by atoms with Gasteiger partial charge in [-0.3, -0.25) is 0 Å². The molecule has 2 atom stereocenters. The summed E-state index contributed by atoms with van der Waals surface area (Å²) in [5.74, 6) is 0.827. The maximum atomic E-state index is 13.2. The van der Waals surface area contributed by atoms with E-state index in [0.717, 1.165) is 43.1 Å². The average molecular weight is 311 g/mol. The molecule has 0 saturated carbocycles. The van der Waals surface area contributed by atoms with E-state index >= 15 is 0 Å². The van der Waals surface area contributed by atoms with Crippen LogP contribution in [-0.2, 0) is 4.74 Å². The lowest BCUT2D eigenvalue weighted by molar-refractivity contribution is 0.100. The van der Waals surface area contributed by atoms with E-state index in [2.05, 4.69) is 12.2 Å². The molecule has 4 heteroatoms. The van der Waals surface area contributed by atoms with Crippen molar-refractivity contribution >= 4 is 11.8 Å². The third-order valence-electron chi connectivity index (χ3n) is 3.79. The SMILES string of the molecule is CCCNC(CCC1CCCO1)CSc1cccc(F)c1. The van der Waals surface area contributed by atoms with Gasteiger partial charge in [-0.1, -0.05) is 13.0 Å². The molecule has 118 valence electrons. The highest BCUT2D eigenvalue weighted by Gasteiger charge is 2.18. The largest absolute Gasteiger partial charge is 0.378 e. The number of nitrogens with one attached hydrogen (secondary N) is 1. The maximum absolute atomic E-state index is 13.2. The molecule has 1 heterocycles. The molecule has 1 fully saturated rings. The van der Waals surface area contributed by atoms with E-state index in [0.29, 0.717) is 12.1 Å². The van der Waals surface area contributed by atoms with E-state index in [1.165, 1.54) is 18.9 Å². The summed E-state index contributed by atoms with van der Waals surface area (Å²) < 4.78 is 18.9. The highest BCUT2D eigenvalue weighted by atomic mass is 32.2. The first-order valence-electron chi connectivity index (χ1n) is 8.01. The minimum atomic E-state index is -0.155. The Morgan fingerprint density at radius 1 is 1.48 bits per heavy atom. The molecule has 0 amide bonds. The Morgan fingerprint density at radius 3 is 3.10 bits per heavy atom. The lowest BCUT2D eigenvalue weighted by Crippen LogP contribution is -2.32. The molecular weight excluding hydrogens is 285 g/mol. The van der Waals surface area contributed by atoms with Crippen LogP contribution < -0.4 is 5.32 Å². The highest BCUT2D eigenvalue weighted by Crippen LogP contribution is 2.23. The number of hydrogen-bond donors (Lipinski definition) is 1. The minimum Gasteiger partial charge on any atom is -0.378 e. The Bertz CT molecular complexity index is 410. The van der Waals surface area contributed by atoms with E-state index in [1.54, 1.807) is 23.9 Å². The Hall–Kier alpha value is -0.580. The van der Waals surface area contributed by atoms with Crippen molar-refractivity contribution in [2.24, 2.45) is 0 Å². The van der Waals surface area contributed by atoms with Crippen molar-refractivity contribution in [2.75, 3.05) is 18.9 Å². The number of benzene rings is 1. The van der Waals surface area contributed by atoms with Crippen LogP contribution in [0.4, 0.5) is 4.39 Å². The Balaban J connectivity index is 1.77. The fraction of sp³-hybridized carbons (Fsp3) is 0.647. The molecule has 1 saturated heterocycles. The molecule has 1 aliphatic heterocycles. The van der Waals surface area contributed by atoms with Crippen molar-refractivity contribution in [3.8, 4) is 0 Å². The standard InChI is InChI=1S/C17H26FNOS/c1-2-10-19-15(8-9-16-6-4-11-20-16)13-21-17-7-3-5-14(18)12-17/h3,5,7,12,15-16,19H,2,4,6,8-11,13H2,1H3. The summed E-state index contributed by atoms with van der Waals surface area (Å²) in [6.07, 6.45) is 6.27. The number of rotatable bonds is 9. The minimum absolute atomic E-state index is 0.155. The molecule has 1 aromatic carbocycles. The average Bonchev–Trinajstić information content (AvgIpc) is 3.00. The molecule has 0 aromatic heterocycles. The fourth-order valence-electron chi connectivity index (χ4n) is 2.61. The Morgan fingerprint density at radius 2 is 2.38 bits per heavy atom. The van der Waals surface area contributed by atoms with Gasteiger partial charge in [-0.15, -0.1) is 11.8 Å². The van der Waals surface area contributed by atoms with Crippen LogP contribution >= 0.6 is 11.8 Å². The number of halogens is 1. The van der Waals surface area contributed by atoms with Crippen LogP contribution in [0, 0.1) is 5.82 Å². The van der Waals surface area contributed by atoms with Gasteiger partial charge in [0.15, 0.2) is 0 Å². The van der Waals surface area contributed by atoms with Crippen molar-refractivity contribution in [3.63, 3.8) is 0 Å². The van der Waals surface area contributed by atoms with Crippen molar-refractivity contribution < 1.29 is 9.13 Å². The van der Waals surface area contributed by atoms with Gasteiger partial charge < -0.3 is 10.1 Å². The zero-order valence-corrected chi connectivity index (χ0v) is 13.6. The smallest absolute Gasteiger partial charge is 0.124 e. The zero-order chi connectivity index (χ0) is 14.9. The Kier molecular flexibility index (Phi) is 7.54. The highest BCUT2D eigenvalue weighted by molar-refractivity contribution is 7.99. The molecule has 1 aliphatic rings. The zero-order valence-electron chi connectivity index (χ0n) is 12.8. The van der Waals surface area contributed by atoms with Gasteiger partial charge in [-0.05, 0) is 56.8 Å². The number of hydrogen-bond acceptors (Lipinski definition) is 3. The van der Waals surface area contributed by atoms with Gasteiger partial charge in [0.2, 0.25) is 0 Å². The van der Waals surface area contributed by atoms with Crippen LogP contribution in [0.3, 0.4) is 0 Å². The monoisotopic (exact) mass is 311 g/mol. The molecule has 0 aliphatic carbocycles. The molecule has 1 aromatic rings. The van der Waals surface area contributed by atoms with Crippen LogP contribution in [-0.4, -0.2) is 31.1 Å². The lowest BCUT2D eigenvalue weighted by atomic mass is 10.1. The Labute approximate surface area is 131 Å². The molecule has 2 rings (SSSR count). The first-order valence-corrected chi connectivity index (χ1v) is 9.00. The van der Waals surface area contributed by atoms with Gasteiger partial charge in [-0.25, -0.2) is 4.39 Å². The molecule has 0 spiro atoms. The van der Waals surface area contributed by atoms with E-state index in [1.807, 2.05) is 6.07 Å². The number of thioether (sulfide) groups is 1. The molecular formula is C17H26FNOS. The van der Waals surface area contributed by atoms with Crippen LogP contribution in [0.2, 0.25) is 0 Å². The predicted molar refractivity (Wildman–Crippen MR) is 87.4 cm³/mol. The van der Waals surface area contributed by atoms with Gasteiger partial charge in [-0.2, -0.15) is 0 Å². The van der Waals surface area contributed by atoms with E-state index < -0.39 is 0 Å². The summed E-state index contributed by atoms with van der Waals surface area (Å²) in [5.41, 5.74) is 0. The third kappa shape index (κ3) is 6.37. The topological polar surface area (TPSA) is 21.3 Å². The van der Waals surface area contributed by atoms with Crippen LogP contribution in [0.25, 0.3) is 0 Å². The number of ether oxygens (including phenoxy) is 1. The van der Waals surface area contributed by atoms with Gasteiger partial charge in [0.25, 0.3) is 0 Å². The quantitative estimate of drug-likeness (QED) is 0.689. The summed E-state index contributed by atoms with van der Waals surface area (Å²) >= 11 is 1.73. The summed E-state index contributed by atoms with van der Waals surface area (Å²) in [6, 6.07) is 7.33. The normalized spacial score (nSPS) is 19.8. The molecule has 0 bridgehead atoms. The first-order chi connectivity index (χ1) is 10.3. The third-order valence-corrected chi connectivity index (χ3v) is 4.95. The van der Waals surface area contributed by atoms with Gasteiger partial charge in [0, 0.05) is 23.3 Å². The van der Waals surface area contributed by atoms with Gasteiger partial charge in [0.05, 0.1) is 6.10 Å². The van der Waals surface area contributed by atoms with Crippen LogP contribution in [0.5, 0.6) is 0 Å². The molecule has 1 N–H and O–H groups in total. The summed E-state index contributed by atoms with van der Waals surface area (Å²) in [5, 5.41) is 3.61. The maximum Gasteiger partial charge on any atom is 0.124 e. The van der Waals surface area contributed by atoms with Crippen molar-refractivity contribution in [3.05, 3.63) is 30.1 Å². The second-order valence-electron chi connectivity index (χ2n) is 5.63. The molecule has 2 nitrogen and oxygen atoms in total. The summed E-state index contributed by atoms with van der Waals surface area (Å²) in [4.78, 5) is 1.01. The van der Waals surface area contributed by atoms with Crippen molar-refractivity contribution in [1.82, 2.24) is 5.32 Å². The van der Waals surface area contributed by atoms with E-state index in [-0.39, 0.29) is 5.82 Å². The fourth-order valence-corrected chi connectivity index (χ4v) is 3.65. The lowest BCUT2D eigenvalue weighted by Gasteiger charge is -2.20. The van der Waals surface area contributed by atoms with Crippen LogP contribution in [0.1, 0.15) is 39.0 Å². The van der Waals surface area contributed by atoms with Gasteiger partial charge in [0.1, 0.15) is 5.82 Å². The first kappa shape index (κ1) is 16.8. The van der Waals surface area contributed by atoms with Crippen molar-refractivity contribution in [2.45, 2.75) is 56.1 Å².